The molecule has 1 aromatic heterocycles. The van der Waals surface area contributed by atoms with Gasteiger partial charge in [-0.1, -0.05) is 18.2 Å². The lowest BCUT2D eigenvalue weighted by atomic mass is 10.2. The molecule has 124 valence electrons. The third-order valence-electron chi connectivity index (χ3n) is 4.65. The maximum Gasteiger partial charge on any atom is 0.417 e. The summed E-state index contributed by atoms with van der Waals surface area (Å²) in [6.07, 6.45) is 1.90. The van der Waals surface area contributed by atoms with Gasteiger partial charge in [0.05, 0.1) is 6.04 Å². The quantitative estimate of drug-likeness (QED) is 0.850. The Hall–Kier alpha value is -2.83. The molecule has 0 saturated carbocycles. The second kappa shape index (κ2) is 5.67. The van der Waals surface area contributed by atoms with Crippen molar-refractivity contribution in [1.82, 2.24) is 14.4 Å². The number of imide groups is 1. The van der Waals surface area contributed by atoms with Crippen LogP contribution in [0.15, 0.2) is 36.5 Å². The maximum absolute atomic E-state index is 12.6. The Morgan fingerprint density at radius 2 is 2.04 bits per heavy atom. The van der Waals surface area contributed by atoms with Gasteiger partial charge in [0.2, 0.25) is 5.91 Å². The van der Waals surface area contributed by atoms with E-state index < -0.39 is 6.09 Å². The van der Waals surface area contributed by atoms with Crippen molar-refractivity contribution in [1.29, 1.82) is 0 Å². The Bertz CT molecular complexity index is 812. The third-order valence-corrected chi connectivity index (χ3v) is 4.65. The number of carbonyl (C=O) groups is 3. The number of amides is 3. The smallest absolute Gasteiger partial charge is 0.417 e. The van der Waals surface area contributed by atoms with Crippen molar-refractivity contribution >= 4 is 28.8 Å². The highest BCUT2D eigenvalue weighted by atomic mass is 16.6. The molecule has 0 radical (unpaired) electrons. The molecule has 2 aliphatic rings. The van der Waals surface area contributed by atoms with Gasteiger partial charge in [-0.25, -0.2) is 9.69 Å². The van der Waals surface area contributed by atoms with Gasteiger partial charge in [0.25, 0.3) is 5.91 Å². The highest BCUT2D eigenvalue weighted by molar-refractivity contribution is 5.98. The van der Waals surface area contributed by atoms with E-state index in [1.807, 2.05) is 41.1 Å². The first-order valence-electron chi connectivity index (χ1n) is 7.94. The van der Waals surface area contributed by atoms with E-state index in [0.717, 1.165) is 15.8 Å². The number of hydrogen-bond acceptors (Lipinski definition) is 4. The van der Waals surface area contributed by atoms with Gasteiger partial charge in [-0.05, 0) is 23.9 Å². The molecular weight excluding hydrogens is 310 g/mol. The van der Waals surface area contributed by atoms with E-state index in [-0.39, 0.29) is 31.0 Å². The van der Waals surface area contributed by atoms with Crippen LogP contribution in [0.1, 0.15) is 6.42 Å². The second-order valence-electron chi connectivity index (χ2n) is 6.10. The molecule has 3 heterocycles. The first kappa shape index (κ1) is 14.7. The fraction of sp³-hybridized carbons (Fsp3) is 0.353. The predicted octanol–water partition coefficient (Wildman–Crippen LogP) is 1.22. The summed E-state index contributed by atoms with van der Waals surface area (Å²) in [5.41, 5.74) is 1.01. The summed E-state index contributed by atoms with van der Waals surface area (Å²) < 4.78 is 6.67. The minimum atomic E-state index is -0.601. The molecule has 0 spiro atoms. The number of nitrogens with zero attached hydrogens (tertiary/aromatic N) is 3. The van der Waals surface area contributed by atoms with E-state index in [9.17, 15) is 14.4 Å². The summed E-state index contributed by atoms with van der Waals surface area (Å²) in [5.74, 6) is -0.338. The lowest BCUT2D eigenvalue weighted by Crippen LogP contribution is -2.42. The van der Waals surface area contributed by atoms with Crippen LogP contribution in [0.3, 0.4) is 0 Å². The van der Waals surface area contributed by atoms with Crippen molar-refractivity contribution in [2.45, 2.75) is 19.0 Å². The lowest BCUT2D eigenvalue weighted by molar-refractivity contribution is -0.132. The standard InChI is InChI=1S/C17H17N3O4/c21-15(10-18-7-5-12-3-1-2-4-14(12)18)19-8-6-13(9-19)20-16(22)11-24-17(20)23/h1-5,7,13H,6,8-11H2. The first-order valence-corrected chi connectivity index (χ1v) is 7.94. The van der Waals surface area contributed by atoms with Gasteiger partial charge in [-0.3, -0.25) is 9.59 Å². The van der Waals surface area contributed by atoms with Crippen molar-refractivity contribution in [3.63, 3.8) is 0 Å². The monoisotopic (exact) mass is 327 g/mol. The fourth-order valence-corrected chi connectivity index (χ4v) is 3.42. The number of benzene rings is 1. The van der Waals surface area contributed by atoms with Gasteiger partial charge in [0.15, 0.2) is 6.61 Å². The fourth-order valence-electron chi connectivity index (χ4n) is 3.42. The molecule has 2 aromatic rings. The summed E-state index contributed by atoms with van der Waals surface area (Å²) in [7, 11) is 0. The largest absolute Gasteiger partial charge is 0.439 e. The van der Waals surface area contributed by atoms with Crippen molar-refractivity contribution in [2.75, 3.05) is 19.7 Å². The SMILES string of the molecule is O=C(Cn1ccc2ccccc21)N1CCC(N2C(=O)COC2=O)C1. The average molecular weight is 327 g/mol. The zero-order valence-corrected chi connectivity index (χ0v) is 13.1. The number of rotatable bonds is 3. The zero-order chi connectivity index (χ0) is 16.7. The third kappa shape index (κ3) is 2.42. The maximum atomic E-state index is 12.6. The van der Waals surface area contributed by atoms with E-state index in [4.69, 9.17) is 4.74 Å². The van der Waals surface area contributed by atoms with Crippen LogP contribution in [0.4, 0.5) is 4.79 Å². The second-order valence-corrected chi connectivity index (χ2v) is 6.10. The van der Waals surface area contributed by atoms with Crippen LogP contribution in [0, 0.1) is 0 Å². The minimum Gasteiger partial charge on any atom is -0.439 e. The molecule has 0 bridgehead atoms. The first-order chi connectivity index (χ1) is 11.6. The topological polar surface area (TPSA) is 71.8 Å². The van der Waals surface area contributed by atoms with Crippen molar-refractivity contribution in [2.24, 2.45) is 0 Å². The Kier molecular flexibility index (Phi) is 3.48. The number of carbonyl (C=O) groups excluding carboxylic acids is 3. The van der Waals surface area contributed by atoms with Gasteiger partial charge >= 0.3 is 6.09 Å². The van der Waals surface area contributed by atoms with Gasteiger partial charge in [-0.15, -0.1) is 0 Å². The molecule has 2 aliphatic heterocycles. The average Bonchev–Trinajstić information content (AvgIpc) is 3.28. The van der Waals surface area contributed by atoms with Gasteiger partial charge in [0.1, 0.15) is 6.54 Å². The molecule has 1 unspecified atom stereocenters. The van der Waals surface area contributed by atoms with Crippen LogP contribution in [-0.4, -0.2) is 58.0 Å². The molecule has 2 saturated heterocycles. The Morgan fingerprint density at radius 1 is 1.21 bits per heavy atom. The molecule has 4 rings (SSSR count). The lowest BCUT2D eigenvalue weighted by Gasteiger charge is -2.20. The molecule has 1 aromatic carbocycles. The van der Waals surface area contributed by atoms with Crippen molar-refractivity contribution in [3.8, 4) is 0 Å². The number of aromatic nitrogens is 1. The molecule has 0 N–H and O–H groups in total. The van der Waals surface area contributed by atoms with E-state index in [1.165, 1.54) is 0 Å². The highest BCUT2D eigenvalue weighted by Crippen LogP contribution is 2.21. The Labute approximate surface area is 138 Å². The summed E-state index contributed by atoms with van der Waals surface area (Å²) in [6, 6.07) is 9.60. The van der Waals surface area contributed by atoms with Gasteiger partial charge < -0.3 is 14.2 Å². The number of para-hydroxylation sites is 1. The summed E-state index contributed by atoms with van der Waals surface area (Å²) in [5, 5.41) is 1.09. The van der Waals surface area contributed by atoms with Crippen LogP contribution >= 0.6 is 0 Å². The van der Waals surface area contributed by atoms with Crippen LogP contribution < -0.4 is 0 Å². The molecule has 7 nitrogen and oxygen atoms in total. The summed E-state index contributed by atoms with van der Waals surface area (Å²) in [6.45, 7) is 0.968. The van der Waals surface area contributed by atoms with Gasteiger partial charge in [0, 0.05) is 24.8 Å². The molecular formula is C17H17N3O4. The number of ether oxygens (including phenoxy) is 1. The Balaban J connectivity index is 1.44. The number of hydrogen-bond donors (Lipinski definition) is 0. The van der Waals surface area contributed by atoms with E-state index in [2.05, 4.69) is 0 Å². The van der Waals surface area contributed by atoms with E-state index >= 15 is 0 Å². The van der Waals surface area contributed by atoms with Crippen molar-refractivity contribution in [3.05, 3.63) is 36.5 Å². The molecule has 24 heavy (non-hydrogen) atoms. The molecule has 2 fully saturated rings. The van der Waals surface area contributed by atoms with Gasteiger partial charge in [-0.2, -0.15) is 0 Å². The highest BCUT2D eigenvalue weighted by Gasteiger charge is 2.41. The van der Waals surface area contributed by atoms with E-state index in [1.54, 1.807) is 4.90 Å². The summed E-state index contributed by atoms with van der Waals surface area (Å²) >= 11 is 0. The molecule has 1 atom stereocenters. The summed E-state index contributed by atoms with van der Waals surface area (Å²) in [4.78, 5) is 38.8. The van der Waals surface area contributed by atoms with Crippen molar-refractivity contribution < 1.29 is 19.1 Å². The van der Waals surface area contributed by atoms with E-state index in [0.29, 0.717) is 19.5 Å². The number of cyclic esters (lactones) is 1. The molecule has 7 heteroatoms. The minimum absolute atomic E-state index is 0.0149. The normalized spacial score (nSPS) is 20.9. The van der Waals surface area contributed by atoms with Crippen LogP contribution in [0.5, 0.6) is 0 Å². The molecule has 3 amide bonds. The van der Waals surface area contributed by atoms with Crippen LogP contribution in [0.25, 0.3) is 10.9 Å². The number of fused-ring (bicyclic) bond motifs is 1. The molecule has 0 aliphatic carbocycles. The number of likely N-dealkylation sites (tertiary alicyclic amines) is 1. The predicted molar refractivity (Wildman–Crippen MR) is 85.1 cm³/mol. The van der Waals surface area contributed by atoms with Crippen LogP contribution in [0.2, 0.25) is 0 Å². The zero-order valence-electron chi connectivity index (χ0n) is 13.1. The Morgan fingerprint density at radius 3 is 2.83 bits per heavy atom. The van der Waals surface area contributed by atoms with Crippen LogP contribution in [-0.2, 0) is 20.9 Å².